The van der Waals surface area contributed by atoms with Gasteiger partial charge in [-0.05, 0) is 17.2 Å². The van der Waals surface area contributed by atoms with Crippen molar-refractivity contribution in [3.05, 3.63) is 23.8 Å². The molecular formula is C7H4F2. The second-order valence-corrected chi connectivity index (χ2v) is 2.10. The van der Waals surface area contributed by atoms with Gasteiger partial charge in [0.2, 0.25) is 0 Å². The van der Waals surface area contributed by atoms with Gasteiger partial charge in [0.1, 0.15) is 0 Å². The Kier molecular flexibility index (Phi) is 0.721. The quantitative estimate of drug-likeness (QED) is 0.551. The molecule has 0 saturated carbocycles. The number of rotatable bonds is 1. The minimum absolute atomic E-state index is 0.185. The van der Waals surface area contributed by atoms with E-state index >= 15 is 0 Å². The first-order valence-electron chi connectivity index (χ1n) is 2.71. The lowest BCUT2D eigenvalue weighted by Gasteiger charge is -1.90. The van der Waals surface area contributed by atoms with E-state index < -0.39 is 6.43 Å². The molecule has 0 radical (unpaired) electrons. The minimum atomic E-state index is -2.30. The molecule has 2 heteroatoms. The number of hydrogen-bond donors (Lipinski definition) is 0. The summed E-state index contributed by atoms with van der Waals surface area (Å²) in [5.74, 6) is 0. The van der Waals surface area contributed by atoms with Crippen LogP contribution in [-0.4, -0.2) is 0 Å². The lowest BCUT2D eigenvalue weighted by atomic mass is 10.3. The van der Waals surface area contributed by atoms with Crippen molar-refractivity contribution in [3.63, 3.8) is 0 Å². The summed E-state index contributed by atoms with van der Waals surface area (Å²) in [4.78, 5) is 0. The lowest BCUT2D eigenvalue weighted by molar-refractivity contribution is 0.152. The Morgan fingerprint density at radius 3 is 2.22 bits per heavy atom. The van der Waals surface area contributed by atoms with Gasteiger partial charge < -0.3 is 0 Å². The van der Waals surface area contributed by atoms with E-state index in [0.29, 0.717) is 0 Å². The summed E-state index contributed by atoms with van der Waals surface area (Å²) >= 11 is 0. The summed E-state index contributed by atoms with van der Waals surface area (Å²) in [6.45, 7) is 0. The second-order valence-electron chi connectivity index (χ2n) is 2.10. The summed E-state index contributed by atoms with van der Waals surface area (Å²) in [6.07, 6.45) is -2.30. The molecule has 9 heavy (non-hydrogen) atoms. The highest BCUT2D eigenvalue weighted by atomic mass is 19.3. The third-order valence-electron chi connectivity index (χ3n) is 1.52. The number of benzene rings is 1. The van der Waals surface area contributed by atoms with Gasteiger partial charge in [-0.25, -0.2) is 8.78 Å². The molecular weight excluding hydrogens is 122 g/mol. The smallest absolute Gasteiger partial charge is 0.205 e. The Bertz CT molecular complexity index is 253. The maximum absolute atomic E-state index is 11.9. The zero-order valence-electron chi connectivity index (χ0n) is 4.57. The van der Waals surface area contributed by atoms with Crippen molar-refractivity contribution in [2.45, 2.75) is 6.43 Å². The predicted octanol–water partition coefficient (Wildman–Crippen LogP) is 2.60. The van der Waals surface area contributed by atoms with Crippen molar-refractivity contribution in [1.82, 2.24) is 0 Å². The molecule has 2 rings (SSSR count). The van der Waals surface area contributed by atoms with Crippen LogP contribution in [-0.2, 0) is 0 Å². The number of alkyl halides is 2. The van der Waals surface area contributed by atoms with Gasteiger partial charge in [0.15, 0.2) is 0 Å². The monoisotopic (exact) mass is 126 g/mol. The first-order chi connectivity index (χ1) is 4.29. The van der Waals surface area contributed by atoms with Crippen LogP contribution >= 0.6 is 0 Å². The van der Waals surface area contributed by atoms with Crippen LogP contribution in [0.2, 0.25) is 0 Å². The molecule has 2 aliphatic rings. The second kappa shape index (κ2) is 1.32. The molecule has 0 amide bonds. The fourth-order valence-electron chi connectivity index (χ4n) is 0.967. The highest BCUT2D eigenvalue weighted by Gasteiger charge is 2.22. The van der Waals surface area contributed by atoms with Crippen molar-refractivity contribution in [1.29, 1.82) is 0 Å². The summed E-state index contributed by atoms with van der Waals surface area (Å²) in [7, 11) is 0. The molecule has 0 aromatic carbocycles. The molecule has 0 aromatic heterocycles. The largest absolute Gasteiger partial charge is 0.264 e. The van der Waals surface area contributed by atoms with Crippen LogP contribution < -0.4 is 0 Å². The molecule has 0 fully saturated rings. The first kappa shape index (κ1) is 4.91. The van der Waals surface area contributed by atoms with Gasteiger partial charge in [-0.3, -0.25) is 0 Å². The van der Waals surface area contributed by atoms with Crippen LogP contribution in [0.25, 0.3) is 11.1 Å². The molecule has 0 atom stereocenters. The SMILES string of the molecule is FC(F)c1ccc2cc1-2. The molecule has 0 unspecified atom stereocenters. The van der Waals surface area contributed by atoms with Crippen LogP contribution in [0.1, 0.15) is 12.0 Å². The zero-order valence-corrected chi connectivity index (χ0v) is 4.57. The standard InChI is InChI=1S/C7H4F2/c8-7(9)5-2-1-4-3-6(4)5/h1-3,7H. The molecule has 0 spiro atoms. The van der Waals surface area contributed by atoms with Gasteiger partial charge in [0.05, 0.1) is 0 Å². The van der Waals surface area contributed by atoms with Crippen LogP contribution in [0.3, 0.4) is 0 Å². The first-order valence-corrected chi connectivity index (χ1v) is 2.71. The molecule has 0 aromatic rings. The summed E-state index contributed by atoms with van der Waals surface area (Å²) in [5, 5.41) is 0. The normalized spacial score (nSPS) is 12.3. The molecule has 46 valence electrons. The van der Waals surface area contributed by atoms with Crippen molar-refractivity contribution in [2.75, 3.05) is 0 Å². The third kappa shape index (κ3) is 0.559. The molecule has 0 N–H and O–H groups in total. The van der Waals surface area contributed by atoms with Crippen molar-refractivity contribution >= 4 is 0 Å². The maximum Gasteiger partial charge on any atom is 0.264 e. The summed E-state index contributed by atoms with van der Waals surface area (Å²) < 4.78 is 23.7. The number of hydrogen-bond acceptors (Lipinski definition) is 0. The van der Waals surface area contributed by atoms with E-state index in [0.717, 1.165) is 11.1 Å². The summed E-state index contributed by atoms with van der Waals surface area (Å²) in [6, 6.07) is 4.97. The minimum Gasteiger partial charge on any atom is -0.205 e. The Labute approximate surface area is 51.1 Å². The van der Waals surface area contributed by atoms with E-state index in [2.05, 4.69) is 0 Å². The van der Waals surface area contributed by atoms with Crippen molar-refractivity contribution in [3.8, 4) is 11.1 Å². The van der Waals surface area contributed by atoms with Crippen LogP contribution in [0.5, 0.6) is 0 Å². The van der Waals surface area contributed by atoms with Gasteiger partial charge in [-0.2, -0.15) is 0 Å². The molecule has 2 aliphatic carbocycles. The van der Waals surface area contributed by atoms with Gasteiger partial charge in [0, 0.05) is 5.56 Å². The van der Waals surface area contributed by atoms with E-state index in [1.165, 1.54) is 6.07 Å². The molecule has 0 bridgehead atoms. The Hall–Kier alpha value is -0.920. The van der Waals surface area contributed by atoms with Crippen molar-refractivity contribution in [2.24, 2.45) is 0 Å². The van der Waals surface area contributed by atoms with Crippen LogP contribution in [0, 0.1) is 0 Å². The number of halogens is 2. The lowest BCUT2D eigenvalue weighted by Crippen LogP contribution is -1.75. The number of fused-ring (bicyclic) bond motifs is 1. The van der Waals surface area contributed by atoms with Gasteiger partial charge in [0.25, 0.3) is 6.43 Å². The van der Waals surface area contributed by atoms with Crippen molar-refractivity contribution < 1.29 is 8.78 Å². The highest BCUT2D eigenvalue weighted by molar-refractivity contribution is 5.84. The van der Waals surface area contributed by atoms with E-state index in [-0.39, 0.29) is 5.56 Å². The molecule has 0 saturated heterocycles. The molecule has 0 nitrogen and oxygen atoms in total. The van der Waals surface area contributed by atoms with Crippen LogP contribution in [0.4, 0.5) is 8.78 Å². The van der Waals surface area contributed by atoms with Crippen LogP contribution in [0.15, 0.2) is 18.2 Å². The zero-order chi connectivity index (χ0) is 6.43. The fourth-order valence-corrected chi connectivity index (χ4v) is 0.967. The van der Waals surface area contributed by atoms with E-state index in [1.807, 2.05) is 0 Å². The Morgan fingerprint density at radius 1 is 1.22 bits per heavy atom. The summed E-state index contributed by atoms with van der Waals surface area (Å²) in [5.41, 5.74) is 1.92. The van der Waals surface area contributed by atoms with E-state index in [1.54, 1.807) is 12.1 Å². The Balaban J connectivity index is 2.42. The van der Waals surface area contributed by atoms with Gasteiger partial charge >= 0.3 is 0 Å². The van der Waals surface area contributed by atoms with Gasteiger partial charge in [-0.1, -0.05) is 12.1 Å². The fraction of sp³-hybridized carbons (Fsp3) is 0.143. The van der Waals surface area contributed by atoms with Gasteiger partial charge in [-0.15, -0.1) is 0 Å². The average molecular weight is 126 g/mol. The maximum atomic E-state index is 11.9. The Morgan fingerprint density at radius 2 is 2.00 bits per heavy atom. The third-order valence-corrected chi connectivity index (χ3v) is 1.52. The van der Waals surface area contributed by atoms with E-state index in [4.69, 9.17) is 0 Å². The topological polar surface area (TPSA) is 0 Å². The average Bonchev–Trinajstić information content (AvgIpc) is 2.43. The molecule has 0 aliphatic heterocycles. The predicted molar refractivity (Wildman–Crippen MR) is 30.4 cm³/mol. The highest BCUT2D eigenvalue weighted by Crippen LogP contribution is 2.42. The molecule has 0 heterocycles. The van der Waals surface area contributed by atoms with E-state index in [9.17, 15) is 8.78 Å².